The van der Waals surface area contributed by atoms with Crippen LogP contribution in [0.2, 0.25) is 18.1 Å². The lowest BCUT2D eigenvalue weighted by atomic mass is 10.1. The molecule has 26 heavy (non-hydrogen) atoms. The molecule has 1 saturated heterocycles. The van der Waals surface area contributed by atoms with Crippen molar-refractivity contribution in [3.8, 4) is 0 Å². The van der Waals surface area contributed by atoms with E-state index in [2.05, 4.69) is 40.4 Å². The van der Waals surface area contributed by atoms with Crippen molar-refractivity contribution in [2.45, 2.75) is 70.4 Å². The maximum absolute atomic E-state index is 12.1. The summed E-state index contributed by atoms with van der Waals surface area (Å²) in [5, 5.41) is 0.140. The van der Waals surface area contributed by atoms with Gasteiger partial charge in [0.15, 0.2) is 14.5 Å². The van der Waals surface area contributed by atoms with Crippen LogP contribution in [0, 0.1) is 0 Å². The molecule has 0 aromatic heterocycles. The van der Waals surface area contributed by atoms with Gasteiger partial charge in [-0.05, 0) is 37.4 Å². The van der Waals surface area contributed by atoms with Crippen molar-refractivity contribution >= 4 is 24.5 Å². The van der Waals surface area contributed by atoms with Crippen molar-refractivity contribution in [2.75, 3.05) is 19.5 Å². The summed E-state index contributed by atoms with van der Waals surface area (Å²) in [7, 11) is -5.51. The molecule has 1 aliphatic rings. The number of hydrogen-bond donors (Lipinski definition) is 0. The maximum Gasteiger partial charge on any atom is 0.412 e. The quantitative estimate of drug-likeness (QED) is 0.239. The number of nitrogens with zero attached hydrogens (tertiary/aromatic N) is 1. The molecule has 0 aromatic rings. The number of cyclic esters (lactones) is 1. The normalized spacial score (nSPS) is 20.2. The number of amides is 1. The second-order valence-corrected chi connectivity index (χ2v) is 14.6. The summed E-state index contributed by atoms with van der Waals surface area (Å²) < 4.78 is 39.0. The van der Waals surface area contributed by atoms with Gasteiger partial charge in [-0.15, -0.1) is 6.58 Å². The van der Waals surface area contributed by atoms with Gasteiger partial charge in [0.2, 0.25) is 0 Å². The Morgan fingerprint density at radius 2 is 2.04 bits per heavy atom. The largest absolute Gasteiger partial charge is 0.444 e. The van der Waals surface area contributed by atoms with Gasteiger partial charge in [-0.3, -0.25) is 4.90 Å². The Labute approximate surface area is 158 Å². The smallest absolute Gasteiger partial charge is 0.412 e. The molecular formula is C17H33NO6SSi. The third kappa shape index (κ3) is 6.68. The second-order valence-electron chi connectivity index (χ2n) is 8.17. The van der Waals surface area contributed by atoms with Crippen LogP contribution in [0.15, 0.2) is 12.7 Å². The van der Waals surface area contributed by atoms with E-state index in [1.807, 2.05) is 0 Å². The summed E-state index contributed by atoms with van der Waals surface area (Å²) in [6, 6.07) is -0.239. The standard InChI is InChI=1S/C17H33NO6SSi/c1-8-10-14(11-9-12-23-26(6,7)17(2,3)4)18-15(13-22-16(18)19)24-25(5,20)21/h8,14-15H,1,9-13H2,2-7H3/t14-,15?/m1/s1. The number of rotatable bonds is 10. The van der Waals surface area contributed by atoms with E-state index >= 15 is 0 Å². The fraction of sp³-hybridized carbons (Fsp3) is 0.824. The Hall–Kier alpha value is -0.903. The van der Waals surface area contributed by atoms with Crippen molar-refractivity contribution < 1.29 is 26.6 Å². The first-order chi connectivity index (χ1) is 11.8. The first-order valence-electron chi connectivity index (χ1n) is 8.86. The summed E-state index contributed by atoms with van der Waals surface area (Å²) in [6.45, 7) is 15.2. The molecule has 7 nitrogen and oxygen atoms in total. The minimum Gasteiger partial charge on any atom is -0.444 e. The SMILES string of the molecule is C=CC[C@H](CCCO[Si](C)(C)C(C)(C)C)N1C(=O)OCC1OS(C)(=O)=O. The van der Waals surface area contributed by atoms with Crippen LogP contribution in [-0.2, 0) is 23.5 Å². The van der Waals surface area contributed by atoms with Crippen LogP contribution in [0.4, 0.5) is 4.79 Å². The zero-order valence-electron chi connectivity index (χ0n) is 16.8. The van der Waals surface area contributed by atoms with Crippen molar-refractivity contribution in [1.82, 2.24) is 4.90 Å². The molecule has 9 heteroatoms. The van der Waals surface area contributed by atoms with Crippen LogP contribution in [0.25, 0.3) is 0 Å². The predicted octanol–water partition coefficient (Wildman–Crippen LogP) is 3.49. The molecule has 152 valence electrons. The first-order valence-corrected chi connectivity index (χ1v) is 13.6. The van der Waals surface area contributed by atoms with Crippen molar-refractivity contribution in [3.05, 3.63) is 12.7 Å². The molecule has 0 aliphatic carbocycles. The number of carbonyl (C=O) groups is 1. The van der Waals surface area contributed by atoms with Crippen LogP contribution >= 0.6 is 0 Å². The average Bonchev–Trinajstić information content (AvgIpc) is 2.80. The number of carbonyl (C=O) groups excluding carboxylic acids is 1. The van der Waals surface area contributed by atoms with Gasteiger partial charge in [-0.25, -0.2) is 8.98 Å². The van der Waals surface area contributed by atoms with Crippen molar-refractivity contribution in [3.63, 3.8) is 0 Å². The molecule has 1 rings (SSSR count). The molecule has 0 saturated carbocycles. The van der Waals surface area contributed by atoms with E-state index in [0.717, 1.165) is 12.7 Å². The third-order valence-electron chi connectivity index (χ3n) is 4.94. The van der Waals surface area contributed by atoms with E-state index in [1.165, 1.54) is 4.90 Å². The van der Waals surface area contributed by atoms with Gasteiger partial charge in [-0.2, -0.15) is 8.42 Å². The Bertz CT molecular complexity index is 599. The molecule has 0 bridgehead atoms. The zero-order valence-corrected chi connectivity index (χ0v) is 18.6. The summed E-state index contributed by atoms with van der Waals surface area (Å²) in [5.74, 6) is 0. The molecule has 1 heterocycles. The van der Waals surface area contributed by atoms with E-state index in [-0.39, 0.29) is 17.7 Å². The topological polar surface area (TPSA) is 82.1 Å². The molecule has 0 aromatic carbocycles. The summed E-state index contributed by atoms with van der Waals surface area (Å²) in [4.78, 5) is 13.5. The zero-order chi connectivity index (χ0) is 20.2. The fourth-order valence-electron chi connectivity index (χ4n) is 2.50. The van der Waals surface area contributed by atoms with Gasteiger partial charge < -0.3 is 9.16 Å². The average molecular weight is 408 g/mol. The molecule has 0 radical (unpaired) electrons. The van der Waals surface area contributed by atoms with Gasteiger partial charge >= 0.3 is 6.09 Å². The number of hydrogen-bond acceptors (Lipinski definition) is 6. The van der Waals surface area contributed by atoms with E-state index in [9.17, 15) is 13.2 Å². The van der Waals surface area contributed by atoms with Gasteiger partial charge in [0.25, 0.3) is 10.1 Å². The highest BCUT2D eigenvalue weighted by Crippen LogP contribution is 2.36. The van der Waals surface area contributed by atoms with Crippen LogP contribution in [0.3, 0.4) is 0 Å². The Morgan fingerprint density at radius 3 is 2.54 bits per heavy atom. The van der Waals surface area contributed by atoms with Gasteiger partial charge in [0.1, 0.15) is 6.61 Å². The maximum atomic E-state index is 12.1. The lowest BCUT2D eigenvalue weighted by Gasteiger charge is -2.36. The minimum atomic E-state index is -3.69. The van der Waals surface area contributed by atoms with Crippen molar-refractivity contribution in [1.29, 1.82) is 0 Å². The highest BCUT2D eigenvalue weighted by molar-refractivity contribution is 7.86. The predicted molar refractivity (Wildman–Crippen MR) is 104 cm³/mol. The molecule has 1 aliphatic heterocycles. The van der Waals surface area contributed by atoms with E-state index < -0.39 is 30.8 Å². The summed E-state index contributed by atoms with van der Waals surface area (Å²) >= 11 is 0. The van der Waals surface area contributed by atoms with Crippen LogP contribution in [0.1, 0.15) is 40.0 Å². The molecule has 2 atom stereocenters. The fourth-order valence-corrected chi connectivity index (χ4v) is 4.14. The van der Waals surface area contributed by atoms with Gasteiger partial charge in [-0.1, -0.05) is 26.8 Å². The molecular weight excluding hydrogens is 374 g/mol. The second kappa shape index (κ2) is 8.86. The highest BCUT2D eigenvalue weighted by atomic mass is 32.2. The third-order valence-corrected chi connectivity index (χ3v) is 10.0. The molecule has 1 fully saturated rings. The number of ether oxygens (including phenoxy) is 1. The van der Waals surface area contributed by atoms with Gasteiger partial charge in [0, 0.05) is 12.6 Å². The van der Waals surface area contributed by atoms with Crippen LogP contribution < -0.4 is 0 Å². The van der Waals surface area contributed by atoms with E-state index in [0.29, 0.717) is 19.4 Å². The van der Waals surface area contributed by atoms with Crippen LogP contribution in [0.5, 0.6) is 0 Å². The molecule has 0 N–H and O–H groups in total. The molecule has 0 spiro atoms. The Kier molecular flexibility index (Phi) is 7.88. The van der Waals surface area contributed by atoms with Crippen LogP contribution in [-0.4, -0.2) is 59.5 Å². The Morgan fingerprint density at radius 1 is 1.42 bits per heavy atom. The van der Waals surface area contributed by atoms with Gasteiger partial charge in [0.05, 0.1) is 6.26 Å². The monoisotopic (exact) mass is 407 g/mol. The van der Waals surface area contributed by atoms with Crippen molar-refractivity contribution in [2.24, 2.45) is 0 Å². The molecule has 1 unspecified atom stereocenters. The van der Waals surface area contributed by atoms with E-state index in [4.69, 9.17) is 13.3 Å². The summed E-state index contributed by atoms with van der Waals surface area (Å²) in [5.41, 5.74) is 0. The minimum absolute atomic E-state index is 0.0972. The lowest BCUT2D eigenvalue weighted by molar-refractivity contribution is 0.0580. The first kappa shape index (κ1) is 23.1. The highest BCUT2D eigenvalue weighted by Gasteiger charge is 2.40. The van der Waals surface area contributed by atoms with E-state index in [1.54, 1.807) is 6.08 Å². The lowest BCUT2D eigenvalue weighted by Crippen LogP contribution is -2.44. The summed E-state index contributed by atoms with van der Waals surface area (Å²) in [6.07, 6.45) is 3.12. The Balaban J connectivity index is 2.70. The molecule has 1 amide bonds.